The zero-order valence-corrected chi connectivity index (χ0v) is 11.9. The average Bonchev–Trinajstić information content (AvgIpc) is 2.41. The van der Waals surface area contributed by atoms with Crippen molar-refractivity contribution in [3.8, 4) is 6.07 Å². The molecule has 19 heavy (non-hydrogen) atoms. The molecule has 0 saturated carbocycles. The van der Waals surface area contributed by atoms with Crippen molar-refractivity contribution >= 4 is 21.6 Å². The SMILES string of the molecule is CC(Nc1ccc(Br)cc1C#N)c1ccccc1F. The maximum absolute atomic E-state index is 13.7. The molecule has 4 heteroatoms. The number of hydrogen-bond acceptors (Lipinski definition) is 2. The predicted octanol–water partition coefficient (Wildman–Crippen LogP) is 4.63. The number of nitrogens with one attached hydrogen (secondary N) is 1. The molecule has 1 N–H and O–H groups in total. The minimum atomic E-state index is -0.252. The van der Waals surface area contributed by atoms with Crippen molar-refractivity contribution in [1.82, 2.24) is 0 Å². The van der Waals surface area contributed by atoms with Gasteiger partial charge in [0.05, 0.1) is 17.3 Å². The average molecular weight is 319 g/mol. The molecule has 0 aliphatic carbocycles. The summed E-state index contributed by atoms with van der Waals surface area (Å²) >= 11 is 3.32. The molecule has 0 aliphatic heterocycles. The molecule has 2 rings (SSSR count). The van der Waals surface area contributed by atoms with Crippen LogP contribution < -0.4 is 5.32 Å². The van der Waals surface area contributed by atoms with Crippen LogP contribution in [0.3, 0.4) is 0 Å². The topological polar surface area (TPSA) is 35.8 Å². The van der Waals surface area contributed by atoms with Crippen LogP contribution in [0.2, 0.25) is 0 Å². The summed E-state index contributed by atoms with van der Waals surface area (Å²) in [5.41, 5.74) is 1.80. The Hall–Kier alpha value is -1.86. The summed E-state index contributed by atoms with van der Waals surface area (Å²) in [5.74, 6) is -0.252. The number of anilines is 1. The first-order valence-electron chi connectivity index (χ1n) is 5.82. The Kier molecular flexibility index (Phi) is 4.18. The van der Waals surface area contributed by atoms with Gasteiger partial charge in [0, 0.05) is 10.0 Å². The number of benzene rings is 2. The lowest BCUT2D eigenvalue weighted by atomic mass is 10.1. The Morgan fingerprint density at radius 1 is 1.26 bits per heavy atom. The smallest absolute Gasteiger partial charge is 0.128 e. The van der Waals surface area contributed by atoms with Gasteiger partial charge in [-0.05, 0) is 31.2 Å². The summed E-state index contributed by atoms with van der Waals surface area (Å²) in [6, 6.07) is 13.9. The predicted molar refractivity (Wildman–Crippen MR) is 77.3 cm³/mol. The zero-order valence-electron chi connectivity index (χ0n) is 10.3. The fourth-order valence-corrected chi connectivity index (χ4v) is 2.23. The van der Waals surface area contributed by atoms with E-state index in [1.165, 1.54) is 6.07 Å². The molecule has 0 aromatic heterocycles. The van der Waals surface area contributed by atoms with Crippen molar-refractivity contribution in [3.05, 3.63) is 63.9 Å². The van der Waals surface area contributed by atoms with E-state index in [0.717, 1.165) is 4.47 Å². The molecule has 2 nitrogen and oxygen atoms in total. The van der Waals surface area contributed by atoms with Gasteiger partial charge >= 0.3 is 0 Å². The monoisotopic (exact) mass is 318 g/mol. The summed E-state index contributed by atoms with van der Waals surface area (Å²) in [7, 11) is 0. The first-order valence-corrected chi connectivity index (χ1v) is 6.61. The highest BCUT2D eigenvalue weighted by Crippen LogP contribution is 2.25. The highest BCUT2D eigenvalue weighted by atomic mass is 79.9. The second-order valence-electron chi connectivity index (χ2n) is 4.19. The summed E-state index contributed by atoms with van der Waals surface area (Å²) in [6.07, 6.45) is 0. The fourth-order valence-electron chi connectivity index (χ4n) is 1.87. The standard InChI is InChI=1S/C15H12BrFN2/c1-10(13-4-2-3-5-14(13)17)19-15-7-6-12(16)8-11(15)9-18/h2-8,10,19H,1H3. The molecule has 0 amide bonds. The van der Waals surface area contributed by atoms with Crippen LogP contribution in [0.15, 0.2) is 46.9 Å². The van der Waals surface area contributed by atoms with Gasteiger partial charge in [-0.15, -0.1) is 0 Å². The minimum Gasteiger partial charge on any atom is -0.377 e. The van der Waals surface area contributed by atoms with Gasteiger partial charge in [-0.3, -0.25) is 0 Å². The number of rotatable bonds is 3. The van der Waals surface area contributed by atoms with Crippen LogP contribution in [0.25, 0.3) is 0 Å². The Morgan fingerprint density at radius 3 is 2.68 bits per heavy atom. The molecule has 0 bridgehead atoms. The molecule has 96 valence electrons. The van der Waals surface area contributed by atoms with E-state index in [2.05, 4.69) is 27.3 Å². The van der Waals surface area contributed by atoms with E-state index in [-0.39, 0.29) is 11.9 Å². The van der Waals surface area contributed by atoms with Crippen LogP contribution in [0.5, 0.6) is 0 Å². The highest BCUT2D eigenvalue weighted by molar-refractivity contribution is 9.10. The lowest BCUT2D eigenvalue weighted by Crippen LogP contribution is -2.09. The first kappa shape index (κ1) is 13.6. The lowest BCUT2D eigenvalue weighted by molar-refractivity contribution is 0.600. The molecule has 0 spiro atoms. The van der Waals surface area contributed by atoms with E-state index in [0.29, 0.717) is 16.8 Å². The summed E-state index contributed by atoms with van der Waals surface area (Å²) < 4.78 is 14.5. The third kappa shape index (κ3) is 3.12. The van der Waals surface area contributed by atoms with E-state index >= 15 is 0 Å². The van der Waals surface area contributed by atoms with E-state index in [4.69, 9.17) is 5.26 Å². The van der Waals surface area contributed by atoms with E-state index in [9.17, 15) is 4.39 Å². The Balaban J connectivity index is 2.27. The molecule has 1 unspecified atom stereocenters. The molecule has 0 aliphatic rings. The van der Waals surface area contributed by atoms with E-state index in [1.807, 2.05) is 13.0 Å². The molecule has 0 radical (unpaired) electrons. The van der Waals surface area contributed by atoms with Crippen LogP contribution in [0.4, 0.5) is 10.1 Å². The van der Waals surface area contributed by atoms with Gasteiger partial charge in [0.25, 0.3) is 0 Å². The van der Waals surface area contributed by atoms with E-state index in [1.54, 1.807) is 30.3 Å². The van der Waals surface area contributed by atoms with Crippen LogP contribution in [-0.2, 0) is 0 Å². The molecule has 2 aromatic carbocycles. The first-order chi connectivity index (χ1) is 9.11. The minimum absolute atomic E-state index is 0.213. The molecular formula is C15H12BrFN2. The van der Waals surface area contributed by atoms with Crippen molar-refractivity contribution in [2.75, 3.05) is 5.32 Å². The Morgan fingerprint density at radius 2 is 2.00 bits per heavy atom. The Bertz CT molecular complexity index is 634. The third-order valence-corrected chi connectivity index (χ3v) is 3.34. The lowest BCUT2D eigenvalue weighted by Gasteiger charge is -2.17. The molecule has 0 fully saturated rings. The van der Waals surface area contributed by atoms with Crippen molar-refractivity contribution in [3.63, 3.8) is 0 Å². The largest absolute Gasteiger partial charge is 0.377 e. The summed E-state index contributed by atoms with van der Waals surface area (Å²) in [5, 5.41) is 12.3. The highest BCUT2D eigenvalue weighted by Gasteiger charge is 2.12. The van der Waals surface area contributed by atoms with Gasteiger partial charge in [0.2, 0.25) is 0 Å². The number of nitrogens with zero attached hydrogens (tertiary/aromatic N) is 1. The van der Waals surface area contributed by atoms with Crippen molar-refractivity contribution in [2.24, 2.45) is 0 Å². The number of nitriles is 1. The second-order valence-corrected chi connectivity index (χ2v) is 5.10. The molecule has 2 aromatic rings. The van der Waals surface area contributed by atoms with E-state index < -0.39 is 0 Å². The molecule has 0 saturated heterocycles. The van der Waals surface area contributed by atoms with Gasteiger partial charge < -0.3 is 5.32 Å². The normalized spacial score (nSPS) is 11.7. The van der Waals surface area contributed by atoms with Crippen LogP contribution >= 0.6 is 15.9 Å². The third-order valence-electron chi connectivity index (χ3n) is 2.85. The van der Waals surface area contributed by atoms with Crippen LogP contribution in [0.1, 0.15) is 24.1 Å². The van der Waals surface area contributed by atoms with Gasteiger partial charge in [-0.1, -0.05) is 34.1 Å². The Labute approximate surface area is 120 Å². The van der Waals surface area contributed by atoms with Crippen molar-refractivity contribution in [2.45, 2.75) is 13.0 Å². The zero-order chi connectivity index (χ0) is 13.8. The van der Waals surface area contributed by atoms with Gasteiger partial charge in [0.15, 0.2) is 0 Å². The number of hydrogen-bond donors (Lipinski definition) is 1. The van der Waals surface area contributed by atoms with Crippen molar-refractivity contribution < 1.29 is 4.39 Å². The fraction of sp³-hybridized carbons (Fsp3) is 0.133. The molecule has 1 atom stereocenters. The summed E-state index contributed by atoms with van der Waals surface area (Å²) in [6.45, 7) is 1.86. The van der Waals surface area contributed by atoms with Gasteiger partial charge in [0.1, 0.15) is 11.9 Å². The number of halogens is 2. The van der Waals surface area contributed by atoms with Crippen LogP contribution in [-0.4, -0.2) is 0 Å². The summed E-state index contributed by atoms with van der Waals surface area (Å²) in [4.78, 5) is 0. The molecular weight excluding hydrogens is 307 g/mol. The maximum atomic E-state index is 13.7. The van der Waals surface area contributed by atoms with Gasteiger partial charge in [-0.2, -0.15) is 5.26 Å². The van der Waals surface area contributed by atoms with Crippen molar-refractivity contribution in [1.29, 1.82) is 5.26 Å². The quantitative estimate of drug-likeness (QED) is 0.895. The second kappa shape index (κ2) is 5.85. The molecule has 0 heterocycles. The maximum Gasteiger partial charge on any atom is 0.128 e. The van der Waals surface area contributed by atoms with Gasteiger partial charge in [-0.25, -0.2) is 4.39 Å². The van der Waals surface area contributed by atoms with Crippen LogP contribution in [0, 0.1) is 17.1 Å².